The number of pyridine rings is 1. The van der Waals surface area contributed by atoms with Gasteiger partial charge in [-0.1, -0.05) is 75.0 Å². The SMILES string of the molecule is CC(=O)/C=C(/C)O.CC(C)Cc1ccc2c(-c3[c-]c(C(C)C)cc4c3oc3ccccc34)nccc2c1.[Ir]. The van der Waals surface area contributed by atoms with Gasteiger partial charge in [0.15, 0.2) is 5.78 Å². The van der Waals surface area contributed by atoms with Crippen molar-refractivity contribution in [3.63, 3.8) is 0 Å². The van der Waals surface area contributed by atoms with E-state index < -0.39 is 0 Å². The van der Waals surface area contributed by atoms with Crippen molar-refractivity contribution < 1.29 is 34.4 Å². The van der Waals surface area contributed by atoms with Crippen LogP contribution in [0.2, 0.25) is 0 Å². The molecule has 5 heteroatoms. The Morgan fingerprint density at radius 3 is 2.37 bits per heavy atom. The number of aliphatic hydroxyl groups is 1. The van der Waals surface area contributed by atoms with Crippen molar-refractivity contribution >= 4 is 38.5 Å². The third kappa shape index (κ3) is 6.59. The van der Waals surface area contributed by atoms with Crippen LogP contribution in [0.1, 0.15) is 58.6 Å². The average Bonchev–Trinajstić information content (AvgIpc) is 3.21. The number of ketones is 1. The molecule has 199 valence electrons. The maximum Gasteiger partial charge on any atom is 0.155 e. The quantitative estimate of drug-likeness (QED) is 0.114. The number of allylic oxidation sites excluding steroid dienone is 2. The Bertz CT molecular complexity index is 1610. The van der Waals surface area contributed by atoms with Gasteiger partial charge in [0.1, 0.15) is 5.58 Å². The van der Waals surface area contributed by atoms with Gasteiger partial charge in [0, 0.05) is 37.8 Å². The second-order valence-corrected chi connectivity index (χ2v) is 10.3. The summed E-state index contributed by atoms with van der Waals surface area (Å²) in [6.07, 6.45) is 4.15. The fourth-order valence-electron chi connectivity index (χ4n) is 4.58. The van der Waals surface area contributed by atoms with E-state index in [1.54, 1.807) is 0 Å². The number of nitrogens with zero attached hydrogens (tertiary/aromatic N) is 1. The smallest absolute Gasteiger partial charge is 0.155 e. The molecule has 0 bridgehead atoms. The topological polar surface area (TPSA) is 63.3 Å². The predicted octanol–water partition coefficient (Wildman–Crippen LogP) is 8.96. The summed E-state index contributed by atoms with van der Waals surface area (Å²) in [4.78, 5) is 14.8. The molecule has 5 rings (SSSR count). The largest absolute Gasteiger partial charge is 0.512 e. The molecule has 2 aromatic heterocycles. The zero-order valence-corrected chi connectivity index (χ0v) is 25.2. The number of benzene rings is 3. The molecule has 0 unspecified atom stereocenters. The van der Waals surface area contributed by atoms with Crippen LogP contribution in [0.3, 0.4) is 0 Å². The van der Waals surface area contributed by atoms with Gasteiger partial charge in [-0.25, -0.2) is 0 Å². The average molecular weight is 685 g/mol. The first-order valence-corrected chi connectivity index (χ1v) is 12.8. The normalized spacial score (nSPS) is 11.6. The van der Waals surface area contributed by atoms with Crippen molar-refractivity contribution in [2.45, 2.75) is 53.9 Å². The third-order valence-electron chi connectivity index (χ3n) is 6.17. The summed E-state index contributed by atoms with van der Waals surface area (Å²) in [7, 11) is 0. The van der Waals surface area contributed by atoms with E-state index in [9.17, 15) is 4.79 Å². The first-order valence-electron chi connectivity index (χ1n) is 12.8. The Hall–Kier alpha value is -3.27. The van der Waals surface area contributed by atoms with Crippen LogP contribution in [0.4, 0.5) is 0 Å². The molecule has 0 aliphatic carbocycles. The van der Waals surface area contributed by atoms with Crippen LogP contribution < -0.4 is 0 Å². The fourth-order valence-corrected chi connectivity index (χ4v) is 4.58. The van der Waals surface area contributed by atoms with Gasteiger partial charge in [-0.2, -0.15) is 0 Å². The van der Waals surface area contributed by atoms with Gasteiger partial charge in [-0.15, -0.1) is 17.7 Å². The van der Waals surface area contributed by atoms with Crippen molar-refractivity contribution in [3.05, 3.63) is 89.8 Å². The molecule has 1 N–H and O–H groups in total. The van der Waals surface area contributed by atoms with Gasteiger partial charge in [0.25, 0.3) is 0 Å². The first-order chi connectivity index (χ1) is 17.6. The molecule has 2 heterocycles. The molecule has 4 nitrogen and oxygen atoms in total. The Balaban J connectivity index is 0.000000444. The number of carbonyl (C=O) groups excluding carboxylic acids is 1. The number of hydrogen-bond acceptors (Lipinski definition) is 4. The monoisotopic (exact) mass is 685 g/mol. The molecule has 0 aliphatic heterocycles. The molecule has 3 aromatic carbocycles. The summed E-state index contributed by atoms with van der Waals surface area (Å²) in [5, 5.41) is 13.0. The third-order valence-corrected chi connectivity index (χ3v) is 6.17. The van der Waals surface area contributed by atoms with Crippen molar-refractivity contribution in [1.29, 1.82) is 0 Å². The van der Waals surface area contributed by atoms with Crippen molar-refractivity contribution in [1.82, 2.24) is 4.98 Å². The first kappa shape index (κ1) is 29.3. The Labute approximate surface area is 238 Å². The number of hydrogen-bond donors (Lipinski definition) is 1. The molecule has 0 amide bonds. The van der Waals surface area contributed by atoms with E-state index in [1.165, 1.54) is 36.4 Å². The van der Waals surface area contributed by atoms with E-state index in [4.69, 9.17) is 14.5 Å². The van der Waals surface area contributed by atoms with Crippen molar-refractivity contribution in [2.75, 3.05) is 0 Å². The minimum Gasteiger partial charge on any atom is -0.512 e. The maximum atomic E-state index is 10.0. The van der Waals surface area contributed by atoms with Gasteiger partial charge in [0.05, 0.1) is 11.3 Å². The maximum absolute atomic E-state index is 10.0. The summed E-state index contributed by atoms with van der Waals surface area (Å²) >= 11 is 0. The zero-order valence-electron chi connectivity index (χ0n) is 22.8. The molecule has 0 saturated carbocycles. The Morgan fingerprint density at radius 2 is 1.74 bits per heavy atom. The second-order valence-electron chi connectivity index (χ2n) is 10.3. The summed E-state index contributed by atoms with van der Waals surface area (Å²) in [6.45, 7) is 11.8. The predicted molar refractivity (Wildman–Crippen MR) is 153 cm³/mol. The van der Waals surface area contributed by atoms with Crippen LogP contribution in [0, 0.1) is 12.0 Å². The summed E-state index contributed by atoms with van der Waals surface area (Å²) in [6, 6.07) is 22.9. The number of fused-ring (bicyclic) bond motifs is 4. The standard InChI is InChI=1S/C28H26NO.C5H8O2.Ir/c1-17(2)13-19-9-10-22-20(14-19)11-12-29-27(22)25-16-21(18(3)4)15-24-23-7-5-6-8-26(23)30-28(24)25;1-4(6)3-5(2)7;/h5-12,14-15,17-18H,13H2,1-4H3;3,6H,1-2H3;/q-1;;/b;4-3-;. The van der Waals surface area contributed by atoms with E-state index in [0.717, 1.165) is 45.0 Å². The van der Waals surface area contributed by atoms with Crippen molar-refractivity contribution in [3.8, 4) is 11.3 Å². The minimum absolute atomic E-state index is 0. The molecule has 1 radical (unpaired) electrons. The molecule has 0 fully saturated rings. The Kier molecular flexibility index (Phi) is 9.65. The van der Waals surface area contributed by atoms with E-state index in [1.807, 2.05) is 18.3 Å². The van der Waals surface area contributed by atoms with Crippen molar-refractivity contribution in [2.24, 2.45) is 5.92 Å². The van der Waals surface area contributed by atoms with Gasteiger partial charge in [-0.05, 0) is 66.3 Å². The zero-order chi connectivity index (χ0) is 26.7. The number of aromatic nitrogens is 1. The van der Waals surface area contributed by atoms with Gasteiger partial charge in [-0.3, -0.25) is 4.79 Å². The molecular weight excluding hydrogens is 651 g/mol. The fraction of sp³-hybridized carbons (Fsp3) is 0.273. The van der Waals surface area contributed by atoms with Crippen LogP contribution in [0.5, 0.6) is 0 Å². The van der Waals surface area contributed by atoms with Crippen LogP contribution in [-0.2, 0) is 31.3 Å². The van der Waals surface area contributed by atoms with E-state index >= 15 is 0 Å². The second kappa shape index (κ2) is 12.5. The van der Waals surface area contributed by atoms with Gasteiger partial charge in [0.2, 0.25) is 0 Å². The van der Waals surface area contributed by atoms with Crippen LogP contribution in [0.15, 0.2) is 77.0 Å². The number of para-hydroxylation sites is 1. The summed E-state index contributed by atoms with van der Waals surface area (Å²) < 4.78 is 6.33. The molecular formula is C33H34IrNO3-. The number of carbonyl (C=O) groups is 1. The number of furan rings is 1. The van der Waals surface area contributed by atoms with E-state index in [0.29, 0.717) is 11.8 Å². The Morgan fingerprint density at radius 1 is 1.00 bits per heavy atom. The molecule has 0 spiro atoms. The number of aliphatic hydroxyl groups excluding tert-OH is 1. The van der Waals surface area contributed by atoms with Crippen LogP contribution in [0.25, 0.3) is 44.0 Å². The summed E-state index contributed by atoms with van der Waals surface area (Å²) in [5.41, 5.74) is 6.21. The van der Waals surface area contributed by atoms with E-state index in [-0.39, 0.29) is 31.6 Å². The van der Waals surface area contributed by atoms with Gasteiger partial charge < -0.3 is 14.5 Å². The van der Waals surface area contributed by atoms with Gasteiger partial charge >= 0.3 is 0 Å². The molecule has 0 aliphatic rings. The van der Waals surface area contributed by atoms with Crippen LogP contribution in [-0.4, -0.2) is 15.9 Å². The minimum atomic E-state index is -0.125. The van der Waals surface area contributed by atoms with E-state index in [2.05, 4.69) is 76.2 Å². The number of rotatable bonds is 5. The molecule has 0 atom stereocenters. The molecule has 5 aromatic rings. The summed E-state index contributed by atoms with van der Waals surface area (Å²) in [5.74, 6) is 0.942. The van der Waals surface area contributed by atoms with Crippen LogP contribution >= 0.6 is 0 Å². The molecule has 0 saturated heterocycles. The molecule has 38 heavy (non-hydrogen) atoms.